The number of anilines is 1. The zero-order valence-corrected chi connectivity index (χ0v) is 12.0. The van der Waals surface area contributed by atoms with Crippen LogP contribution in [-0.4, -0.2) is 22.7 Å². The van der Waals surface area contributed by atoms with Crippen LogP contribution < -0.4 is 4.90 Å². The molecular formula is C17H19NO3. The lowest BCUT2D eigenvalue weighted by Gasteiger charge is -2.23. The first-order chi connectivity index (χ1) is 10.1. The fourth-order valence-electron chi connectivity index (χ4n) is 2.15. The molecule has 1 amide bonds. The lowest BCUT2D eigenvalue weighted by molar-refractivity contribution is 0.0981. The second kappa shape index (κ2) is 6.79. The summed E-state index contributed by atoms with van der Waals surface area (Å²) < 4.78 is 0. The number of nitrogens with zero attached hydrogens (tertiary/aromatic N) is 1. The van der Waals surface area contributed by atoms with Gasteiger partial charge in [-0.2, -0.15) is 0 Å². The number of benzene rings is 2. The molecule has 0 spiro atoms. The molecule has 0 saturated heterocycles. The van der Waals surface area contributed by atoms with Gasteiger partial charge in [0.05, 0.1) is 0 Å². The molecular weight excluding hydrogens is 266 g/mol. The molecule has 0 saturated carbocycles. The summed E-state index contributed by atoms with van der Waals surface area (Å²) in [5.74, 6) is -0.819. The van der Waals surface area contributed by atoms with Gasteiger partial charge in [0.25, 0.3) is 5.91 Å². The minimum Gasteiger partial charge on any atom is -0.507 e. The van der Waals surface area contributed by atoms with Crippen molar-refractivity contribution in [1.29, 1.82) is 0 Å². The van der Waals surface area contributed by atoms with Crippen molar-refractivity contribution in [1.82, 2.24) is 0 Å². The van der Waals surface area contributed by atoms with E-state index in [1.54, 1.807) is 4.90 Å². The van der Waals surface area contributed by atoms with E-state index in [2.05, 4.69) is 0 Å². The van der Waals surface area contributed by atoms with Crippen LogP contribution in [0.5, 0.6) is 11.5 Å². The van der Waals surface area contributed by atoms with Crippen LogP contribution in [0.2, 0.25) is 0 Å². The Morgan fingerprint density at radius 3 is 2.19 bits per heavy atom. The summed E-state index contributed by atoms with van der Waals surface area (Å²) >= 11 is 0. The third-order valence-electron chi connectivity index (χ3n) is 3.28. The Balaban J connectivity index is 2.39. The van der Waals surface area contributed by atoms with E-state index >= 15 is 0 Å². The lowest BCUT2D eigenvalue weighted by atomic mass is 10.1. The number of aromatic hydroxyl groups is 2. The zero-order chi connectivity index (χ0) is 15.2. The van der Waals surface area contributed by atoms with Gasteiger partial charge in [-0.3, -0.25) is 4.79 Å². The van der Waals surface area contributed by atoms with Crippen molar-refractivity contribution in [3.05, 3.63) is 54.1 Å². The molecule has 0 aliphatic carbocycles. The Morgan fingerprint density at radius 1 is 1.00 bits per heavy atom. The number of hydrogen-bond acceptors (Lipinski definition) is 3. The van der Waals surface area contributed by atoms with Gasteiger partial charge in [0.15, 0.2) is 0 Å². The average molecular weight is 285 g/mol. The van der Waals surface area contributed by atoms with Gasteiger partial charge in [0, 0.05) is 12.2 Å². The standard InChI is InChI=1S/C17H19NO3/c1-2-3-12-18(13-8-5-4-6-9-13)17(21)16-14(19)10-7-11-15(16)20/h4-11,19-20H,2-3,12H2,1H3. The fourth-order valence-corrected chi connectivity index (χ4v) is 2.15. The molecule has 0 atom stereocenters. The highest BCUT2D eigenvalue weighted by atomic mass is 16.3. The van der Waals surface area contributed by atoms with E-state index in [0.717, 1.165) is 18.5 Å². The molecule has 0 aromatic heterocycles. The number of para-hydroxylation sites is 1. The zero-order valence-electron chi connectivity index (χ0n) is 12.0. The quantitative estimate of drug-likeness (QED) is 0.883. The molecule has 0 unspecified atom stereocenters. The summed E-state index contributed by atoms with van der Waals surface area (Å²) in [5.41, 5.74) is 0.691. The minimum absolute atomic E-state index is 0.0579. The van der Waals surface area contributed by atoms with Crippen LogP contribution >= 0.6 is 0 Å². The number of phenols is 2. The van der Waals surface area contributed by atoms with Gasteiger partial charge < -0.3 is 15.1 Å². The van der Waals surface area contributed by atoms with Crippen LogP contribution in [0.3, 0.4) is 0 Å². The second-order valence-electron chi connectivity index (χ2n) is 4.82. The van der Waals surface area contributed by atoms with Crippen LogP contribution in [0, 0.1) is 0 Å². The minimum atomic E-state index is -0.398. The molecule has 0 fully saturated rings. The Bertz CT molecular complexity index is 590. The highest BCUT2D eigenvalue weighted by Crippen LogP contribution is 2.29. The summed E-state index contributed by atoms with van der Waals surface area (Å²) in [6.45, 7) is 2.58. The maximum atomic E-state index is 12.7. The molecule has 2 N–H and O–H groups in total. The maximum absolute atomic E-state index is 12.7. The van der Waals surface area contributed by atoms with Crippen molar-refractivity contribution in [3.63, 3.8) is 0 Å². The van der Waals surface area contributed by atoms with Crippen molar-refractivity contribution < 1.29 is 15.0 Å². The summed E-state index contributed by atoms with van der Waals surface area (Å²) in [6, 6.07) is 13.6. The summed E-state index contributed by atoms with van der Waals surface area (Å²) in [7, 11) is 0. The molecule has 2 aromatic carbocycles. The van der Waals surface area contributed by atoms with Gasteiger partial charge in [-0.25, -0.2) is 0 Å². The van der Waals surface area contributed by atoms with E-state index < -0.39 is 5.91 Å². The van der Waals surface area contributed by atoms with Crippen LogP contribution in [0.1, 0.15) is 30.1 Å². The first-order valence-electron chi connectivity index (χ1n) is 7.03. The normalized spacial score (nSPS) is 10.3. The Kier molecular flexibility index (Phi) is 4.82. The molecule has 4 nitrogen and oxygen atoms in total. The Labute approximate surface area is 124 Å². The number of amides is 1. The molecule has 0 radical (unpaired) electrons. The van der Waals surface area contributed by atoms with Crippen molar-refractivity contribution in [2.24, 2.45) is 0 Å². The van der Waals surface area contributed by atoms with E-state index in [4.69, 9.17) is 0 Å². The number of phenolic OH excluding ortho intramolecular Hbond substituents is 2. The first kappa shape index (κ1) is 14.9. The van der Waals surface area contributed by atoms with Crippen molar-refractivity contribution >= 4 is 11.6 Å². The molecule has 2 aromatic rings. The van der Waals surface area contributed by atoms with Gasteiger partial charge in [0.1, 0.15) is 17.1 Å². The van der Waals surface area contributed by atoms with Crippen LogP contribution in [0.15, 0.2) is 48.5 Å². The van der Waals surface area contributed by atoms with Crippen molar-refractivity contribution in [2.45, 2.75) is 19.8 Å². The predicted octanol–water partition coefficient (Wildman–Crippen LogP) is 3.54. The Morgan fingerprint density at radius 2 is 1.62 bits per heavy atom. The molecule has 0 aliphatic heterocycles. The highest BCUT2D eigenvalue weighted by Gasteiger charge is 2.23. The first-order valence-corrected chi connectivity index (χ1v) is 7.03. The van der Waals surface area contributed by atoms with Gasteiger partial charge in [0.2, 0.25) is 0 Å². The monoisotopic (exact) mass is 285 g/mol. The van der Waals surface area contributed by atoms with Gasteiger partial charge in [-0.15, -0.1) is 0 Å². The largest absolute Gasteiger partial charge is 0.507 e. The molecule has 0 bridgehead atoms. The number of rotatable bonds is 5. The smallest absolute Gasteiger partial charge is 0.265 e. The van der Waals surface area contributed by atoms with Gasteiger partial charge in [-0.05, 0) is 30.7 Å². The molecule has 0 heterocycles. The third kappa shape index (κ3) is 3.34. The lowest BCUT2D eigenvalue weighted by Crippen LogP contribution is -2.32. The molecule has 110 valence electrons. The van der Waals surface area contributed by atoms with Crippen molar-refractivity contribution in [3.8, 4) is 11.5 Å². The van der Waals surface area contributed by atoms with E-state index in [1.165, 1.54) is 18.2 Å². The number of carbonyl (C=O) groups is 1. The topological polar surface area (TPSA) is 60.8 Å². The molecule has 0 aliphatic rings. The second-order valence-corrected chi connectivity index (χ2v) is 4.82. The number of carbonyl (C=O) groups excluding carboxylic acids is 1. The number of unbranched alkanes of at least 4 members (excludes halogenated alkanes) is 1. The molecule has 2 rings (SSSR count). The van der Waals surface area contributed by atoms with E-state index in [0.29, 0.717) is 6.54 Å². The molecule has 21 heavy (non-hydrogen) atoms. The van der Waals surface area contributed by atoms with Gasteiger partial charge >= 0.3 is 0 Å². The summed E-state index contributed by atoms with van der Waals surface area (Å²) in [6.07, 6.45) is 1.79. The average Bonchev–Trinajstić information content (AvgIpc) is 2.48. The molecule has 4 heteroatoms. The summed E-state index contributed by atoms with van der Waals surface area (Å²) in [4.78, 5) is 14.3. The van der Waals surface area contributed by atoms with E-state index in [1.807, 2.05) is 37.3 Å². The van der Waals surface area contributed by atoms with E-state index in [-0.39, 0.29) is 17.1 Å². The van der Waals surface area contributed by atoms with Crippen molar-refractivity contribution in [2.75, 3.05) is 11.4 Å². The maximum Gasteiger partial charge on any atom is 0.265 e. The number of hydrogen-bond donors (Lipinski definition) is 2. The van der Waals surface area contributed by atoms with Crippen LogP contribution in [-0.2, 0) is 0 Å². The SMILES string of the molecule is CCCCN(C(=O)c1c(O)cccc1O)c1ccccc1. The highest BCUT2D eigenvalue weighted by molar-refractivity contribution is 6.09. The van der Waals surface area contributed by atoms with E-state index in [9.17, 15) is 15.0 Å². The van der Waals surface area contributed by atoms with Gasteiger partial charge in [-0.1, -0.05) is 37.6 Å². The predicted molar refractivity (Wildman–Crippen MR) is 82.8 cm³/mol. The third-order valence-corrected chi connectivity index (χ3v) is 3.28. The summed E-state index contributed by atoms with van der Waals surface area (Å²) in [5, 5.41) is 19.8. The van der Waals surface area contributed by atoms with Crippen LogP contribution in [0.25, 0.3) is 0 Å². The Hall–Kier alpha value is -2.49. The van der Waals surface area contributed by atoms with Crippen LogP contribution in [0.4, 0.5) is 5.69 Å². The fraction of sp³-hybridized carbons (Fsp3) is 0.235.